The van der Waals surface area contributed by atoms with Crippen LogP contribution in [0.4, 0.5) is 5.69 Å². The van der Waals surface area contributed by atoms with Gasteiger partial charge in [0.25, 0.3) is 5.91 Å². The van der Waals surface area contributed by atoms with Gasteiger partial charge in [-0.1, -0.05) is 25.4 Å². The molecule has 1 rings (SSSR count). The van der Waals surface area contributed by atoms with Gasteiger partial charge in [-0.3, -0.25) is 14.4 Å². The fourth-order valence-electron chi connectivity index (χ4n) is 2.17. The molecular weight excluding hydrogens is 320 g/mol. The first-order valence-electron chi connectivity index (χ1n) is 7.24. The van der Waals surface area contributed by atoms with E-state index < -0.39 is 11.4 Å². The molecule has 0 saturated heterocycles. The standard InChI is InChI=1S/C16H21ClN2O4/c1-4-18-15(23)11-6-5-10(17)7-12(11)19-13(20)8-16(2,3)9-14(21)22/h5-7H,4,8-9H2,1-3H3,(H,18,23)(H,19,20)(H,21,22). The van der Waals surface area contributed by atoms with E-state index >= 15 is 0 Å². The van der Waals surface area contributed by atoms with Crippen LogP contribution in [0.2, 0.25) is 5.02 Å². The lowest BCUT2D eigenvalue weighted by atomic mass is 9.85. The highest BCUT2D eigenvalue weighted by molar-refractivity contribution is 6.31. The second kappa shape index (κ2) is 7.97. The summed E-state index contributed by atoms with van der Waals surface area (Å²) in [5.41, 5.74) is -0.0828. The largest absolute Gasteiger partial charge is 0.481 e. The summed E-state index contributed by atoms with van der Waals surface area (Å²) in [7, 11) is 0. The summed E-state index contributed by atoms with van der Waals surface area (Å²) >= 11 is 5.92. The lowest BCUT2D eigenvalue weighted by molar-refractivity contribution is -0.139. The Labute approximate surface area is 140 Å². The lowest BCUT2D eigenvalue weighted by Gasteiger charge is -2.22. The van der Waals surface area contributed by atoms with E-state index in [0.717, 1.165) is 0 Å². The van der Waals surface area contributed by atoms with Crippen molar-refractivity contribution in [2.75, 3.05) is 11.9 Å². The topological polar surface area (TPSA) is 95.5 Å². The van der Waals surface area contributed by atoms with Gasteiger partial charge in [-0.05, 0) is 30.5 Å². The van der Waals surface area contributed by atoms with Gasteiger partial charge in [-0.25, -0.2) is 0 Å². The zero-order valence-electron chi connectivity index (χ0n) is 13.4. The molecule has 3 N–H and O–H groups in total. The summed E-state index contributed by atoms with van der Waals surface area (Å²) in [6.45, 7) is 5.65. The molecule has 7 heteroatoms. The van der Waals surface area contributed by atoms with Gasteiger partial charge in [-0.2, -0.15) is 0 Å². The second-order valence-electron chi connectivity index (χ2n) is 6.01. The molecule has 0 radical (unpaired) electrons. The minimum Gasteiger partial charge on any atom is -0.481 e. The number of hydrogen-bond acceptors (Lipinski definition) is 3. The van der Waals surface area contributed by atoms with Crippen molar-refractivity contribution in [2.45, 2.75) is 33.6 Å². The van der Waals surface area contributed by atoms with Gasteiger partial charge in [0.1, 0.15) is 0 Å². The number of nitrogens with one attached hydrogen (secondary N) is 2. The molecule has 1 aromatic carbocycles. The van der Waals surface area contributed by atoms with E-state index in [9.17, 15) is 14.4 Å². The molecular formula is C16H21ClN2O4. The lowest BCUT2D eigenvalue weighted by Crippen LogP contribution is -2.27. The summed E-state index contributed by atoms with van der Waals surface area (Å²) in [4.78, 5) is 35.0. The van der Waals surface area contributed by atoms with Crippen LogP contribution in [0.5, 0.6) is 0 Å². The number of carbonyl (C=O) groups is 3. The molecule has 0 fully saturated rings. The van der Waals surface area contributed by atoms with Crippen LogP contribution in [0.25, 0.3) is 0 Å². The molecule has 6 nitrogen and oxygen atoms in total. The maximum absolute atomic E-state index is 12.2. The molecule has 0 bridgehead atoms. The third-order valence-electron chi connectivity index (χ3n) is 3.11. The number of carbonyl (C=O) groups excluding carboxylic acids is 2. The van der Waals surface area contributed by atoms with Gasteiger partial charge < -0.3 is 15.7 Å². The second-order valence-corrected chi connectivity index (χ2v) is 6.45. The number of amides is 2. The molecule has 0 aliphatic carbocycles. The van der Waals surface area contributed by atoms with Gasteiger partial charge in [-0.15, -0.1) is 0 Å². The highest BCUT2D eigenvalue weighted by Crippen LogP contribution is 2.27. The Morgan fingerprint density at radius 3 is 2.43 bits per heavy atom. The van der Waals surface area contributed by atoms with E-state index in [1.165, 1.54) is 12.1 Å². The normalized spacial score (nSPS) is 11.0. The van der Waals surface area contributed by atoms with E-state index in [-0.39, 0.29) is 24.7 Å². The summed E-state index contributed by atoms with van der Waals surface area (Å²) in [6.07, 6.45) is -0.111. The summed E-state index contributed by atoms with van der Waals surface area (Å²) in [5.74, 6) is -1.65. The van der Waals surface area contributed by atoms with Crippen LogP contribution >= 0.6 is 11.6 Å². The van der Waals surface area contributed by atoms with Gasteiger partial charge in [0.05, 0.1) is 17.7 Å². The Bertz CT molecular complexity index is 614. The average Bonchev–Trinajstić information content (AvgIpc) is 2.36. The molecule has 23 heavy (non-hydrogen) atoms. The molecule has 0 unspecified atom stereocenters. The third-order valence-corrected chi connectivity index (χ3v) is 3.34. The van der Waals surface area contributed by atoms with Crippen LogP contribution in [0.3, 0.4) is 0 Å². The summed E-state index contributed by atoms with van der Waals surface area (Å²) in [5, 5.41) is 14.6. The van der Waals surface area contributed by atoms with Gasteiger partial charge in [0.15, 0.2) is 0 Å². The van der Waals surface area contributed by atoms with Crippen LogP contribution in [0, 0.1) is 5.41 Å². The smallest absolute Gasteiger partial charge is 0.303 e. The number of halogens is 1. The van der Waals surface area contributed by atoms with E-state index in [2.05, 4.69) is 10.6 Å². The van der Waals surface area contributed by atoms with Gasteiger partial charge >= 0.3 is 5.97 Å². The van der Waals surface area contributed by atoms with Crippen LogP contribution < -0.4 is 10.6 Å². The monoisotopic (exact) mass is 340 g/mol. The minimum absolute atomic E-state index is 0.0145. The highest BCUT2D eigenvalue weighted by atomic mass is 35.5. The number of carboxylic acid groups (broad SMARTS) is 1. The Morgan fingerprint density at radius 2 is 1.87 bits per heavy atom. The van der Waals surface area contributed by atoms with Crippen molar-refractivity contribution in [2.24, 2.45) is 5.41 Å². The van der Waals surface area contributed by atoms with Crippen LogP contribution in [0.1, 0.15) is 44.0 Å². The SMILES string of the molecule is CCNC(=O)c1ccc(Cl)cc1NC(=O)CC(C)(C)CC(=O)O. The van der Waals surface area contributed by atoms with Crippen LogP contribution in [-0.4, -0.2) is 29.4 Å². The number of benzene rings is 1. The molecule has 0 aliphatic heterocycles. The van der Waals surface area contributed by atoms with Crippen molar-refractivity contribution in [1.82, 2.24) is 5.32 Å². The molecule has 126 valence electrons. The Hall–Kier alpha value is -2.08. The van der Waals surface area contributed by atoms with E-state index in [1.807, 2.05) is 0 Å². The fourth-order valence-corrected chi connectivity index (χ4v) is 2.35. The molecule has 0 aromatic heterocycles. The first-order valence-corrected chi connectivity index (χ1v) is 7.62. The molecule has 0 aliphatic rings. The highest BCUT2D eigenvalue weighted by Gasteiger charge is 2.26. The average molecular weight is 341 g/mol. The van der Waals surface area contributed by atoms with Crippen molar-refractivity contribution >= 4 is 35.1 Å². The van der Waals surface area contributed by atoms with Gasteiger partial charge in [0, 0.05) is 18.0 Å². The van der Waals surface area contributed by atoms with E-state index in [1.54, 1.807) is 26.8 Å². The first-order chi connectivity index (χ1) is 10.6. The number of anilines is 1. The summed E-state index contributed by atoms with van der Waals surface area (Å²) in [6, 6.07) is 4.59. The number of hydrogen-bond donors (Lipinski definition) is 3. The van der Waals surface area contributed by atoms with Gasteiger partial charge in [0.2, 0.25) is 5.91 Å². The van der Waals surface area contributed by atoms with E-state index in [0.29, 0.717) is 22.8 Å². The Morgan fingerprint density at radius 1 is 1.22 bits per heavy atom. The molecule has 2 amide bonds. The number of aliphatic carboxylic acids is 1. The van der Waals surface area contributed by atoms with Crippen molar-refractivity contribution in [3.05, 3.63) is 28.8 Å². The molecule has 0 saturated carbocycles. The van der Waals surface area contributed by atoms with Crippen molar-refractivity contribution in [3.8, 4) is 0 Å². The molecule has 0 spiro atoms. The quantitative estimate of drug-likeness (QED) is 0.711. The predicted molar refractivity (Wildman–Crippen MR) is 88.7 cm³/mol. The summed E-state index contributed by atoms with van der Waals surface area (Å²) < 4.78 is 0. The molecule has 0 atom stereocenters. The number of rotatable bonds is 7. The maximum atomic E-state index is 12.2. The molecule has 0 heterocycles. The molecule has 1 aromatic rings. The van der Waals surface area contributed by atoms with E-state index in [4.69, 9.17) is 16.7 Å². The van der Waals surface area contributed by atoms with Crippen molar-refractivity contribution in [1.29, 1.82) is 0 Å². The fraction of sp³-hybridized carbons (Fsp3) is 0.438. The zero-order valence-corrected chi connectivity index (χ0v) is 14.2. The maximum Gasteiger partial charge on any atom is 0.303 e. The van der Waals surface area contributed by atoms with Crippen molar-refractivity contribution in [3.63, 3.8) is 0 Å². The number of carboxylic acids is 1. The predicted octanol–water partition coefficient (Wildman–Crippen LogP) is 2.92. The third kappa shape index (κ3) is 6.28. The first kappa shape index (κ1) is 19.0. The Kier molecular flexibility index (Phi) is 6.57. The van der Waals surface area contributed by atoms with Crippen LogP contribution in [-0.2, 0) is 9.59 Å². The van der Waals surface area contributed by atoms with Crippen LogP contribution in [0.15, 0.2) is 18.2 Å². The Balaban J connectivity index is 2.91. The zero-order chi connectivity index (χ0) is 17.6. The minimum atomic E-state index is -0.964. The van der Waals surface area contributed by atoms with Crippen molar-refractivity contribution < 1.29 is 19.5 Å².